The quantitative estimate of drug-likeness (QED) is 0.781. The minimum atomic E-state index is -0.541. The average Bonchev–Trinajstić information content (AvgIpc) is 2.40. The lowest BCUT2D eigenvalue weighted by molar-refractivity contribution is -0.133. The summed E-state index contributed by atoms with van der Waals surface area (Å²) in [5, 5.41) is 9.31. The Morgan fingerprint density at radius 3 is 2.81 bits per heavy atom. The van der Waals surface area contributed by atoms with Crippen LogP contribution in [0.25, 0.3) is 0 Å². The van der Waals surface area contributed by atoms with Gasteiger partial charge >= 0.3 is 0 Å². The number of nitrogens with zero attached hydrogens (tertiary/aromatic N) is 2. The van der Waals surface area contributed by atoms with Crippen molar-refractivity contribution < 1.29 is 9.59 Å². The number of carbonyl (C=O) groups excluding carboxylic acids is 2. The minimum Gasteiger partial charge on any atom is -0.371 e. The second-order valence-corrected chi connectivity index (χ2v) is 6.19. The molecule has 0 radical (unpaired) electrons. The third-order valence-corrected chi connectivity index (χ3v) is 3.86. The summed E-state index contributed by atoms with van der Waals surface area (Å²) < 4.78 is 1.72. The summed E-state index contributed by atoms with van der Waals surface area (Å²) >= 11 is 3.25. The lowest BCUT2D eigenvalue weighted by Gasteiger charge is -2.23. The molecular weight excluding hydrogens is 340 g/mol. The number of hydrogen-bond donors (Lipinski definition) is 2. The SMILES string of the molecule is CC(C)Cn1ncc(NC2CCC(=O)NC2=O)c(Br)c1=O. The number of hydrogen-bond acceptors (Lipinski definition) is 5. The van der Waals surface area contributed by atoms with E-state index in [9.17, 15) is 14.4 Å². The molecule has 0 aliphatic carbocycles. The molecule has 1 fully saturated rings. The van der Waals surface area contributed by atoms with Crippen molar-refractivity contribution >= 4 is 33.4 Å². The van der Waals surface area contributed by atoms with Crippen molar-refractivity contribution in [3.05, 3.63) is 21.0 Å². The van der Waals surface area contributed by atoms with Crippen LogP contribution >= 0.6 is 15.9 Å². The van der Waals surface area contributed by atoms with Crippen LogP contribution in [0.3, 0.4) is 0 Å². The standard InChI is InChI=1S/C13H17BrN4O3/c1-7(2)6-18-13(21)11(14)9(5-15-18)16-8-3-4-10(19)17-12(8)20/h5,7-8,16H,3-4,6H2,1-2H3,(H,17,19,20). The number of piperidine rings is 1. The van der Waals surface area contributed by atoms with E-state index in [-0.39, 0.29) is 23.8 Å². The number of imide groups is 1. The second kappa shape index (κ2) is 6.38. The molecule has 2 rings (SSSR count). The summed E-state index contributed by atoms with van der Waals surface area (Å²) in [6, 6.07) is -0.541. The Bertz CT molecular complexity index is 626. The highest BCUT2D eigenvalue weighted by Crippen LogP contribution is 2.19. The second-order valence-electron chi connectivity index (χ2n) is 5.40. The Labute approximate surface area is 130 Å². The van der Waals surface area contributed by atoms with Gasteiger partial charge in [-0.2, -0.15) is 5.10 Å². The number of nitrogens with one attached hydrogen (secondary N) is 2. The first-order valence-corrected chi connectivity index (χ1v) is 7.53. The van der Waals surface area contributed by atoms with Crippen molar-refractivity contribution in [1.82, 2.24) is 15.1 Å². The summed E-state index contributed by atoms with van der Waals surface area (Å²) in [7, 11) is 0. The van der Waals surface area contributed by atoms with Crippen molar-refractivity contribution in [2.75, 3.05) is 5.32 Å². The van der Waals surface area contributed by atoms with Crippen LogP contribution in [0.15, 0.2) is 15.5 Å². The number of carbonyl (C=O) groups is 2. The van der Waals surface area contributed by atoms with E-state index in [4.69, 9.17) is 0 Å². The van der Waals surface area contributed by atoms with Crippen LogP contribution in [-0.4, -0.2) is 27.6 Å². The molecule has 2 heterocycles. The largest absolute Gasteiger partial charge is 0.371 e. The molecule has 1 atom stereocenters. The van der Waals surface area contributed by atoms with E-state index in [1.54, 1.807) is 0 Å². The van der Waals surface area contributed by atoms with Crippen LogP contribution in [0, 0.1) is 5.92 Å². The highest BCUT2D eigenvalue weighted by molar-refractivity contribution is 9.10. The molecule has 1 aliphatic heterocycles. The van der Waals surface area contributed by atoms with Crippen molar-refractivity contribution in [2.45, 2.75) is 39.3 Å². The summed E-state index contributed by atoms with van der Waals surface area (Å²) in [5.41, 5.74) is 0.204. The van der Waals surface area contributed by atoms with Crippen molar-refractivity contribution in [3.8, 4) is 0 Å². The van der Waals surface area contributed by atoms with Gasteiger partial charge in [0.05, 0.1) is 11.9 Å². The zero-order valence-corrected chi connectivity index (χ0v) is 13.4. The first-order valence-electron chi connectivity index (χ1n) is 6.74. The maximum atomic E-state index is 12.2. The Morgan fingerprint density at radius 2 is 2.19 bits per heavy atom. The molecule has 0 saturated carbocycles. The third-order valence-electron chi connectivity index (χ3n) is 3.09. The lowest BCUT2D eigenvalue weighted by Crippen LogP contribution is -2.47. The molecule has 114 valence electrons. The van der Waals surface area contributed by atoms with E-state index < -0.39 is 6.04 Å². The van der Waals surface area contributed by atoms with Gasteiger partial charge in [0.1, 0.15) is 10.5 Å². The Hall–Kier alpha value is -1.70. The van der Waals surface area contributed by atoms with Crippen LogP contribution in [0.5, 0.6) is 0 Å². The van der Waals surface area contributed by atoms with Crippen LogP contribution in [0.2, 0.25) is 0 Å². The molecule has 1 aliphatic rings. The van der Waals surface area contributed by atoms with E-state index >= 15 is 0 Å². The number of rotatable bonds is 4. The topological polar surface area (TPSA) is 93.1 Å². The maximum absolute atomic E-state index is 12.2. The van der Waals surface area contributed by atoms with E-state index in [0.717, 1.165) is 0 Å². The van der Waals surface area contributed by atoms with Crippen LogP contribution in [0.4, 0.5) is 5.69 Å². The summed E-state index contributed by atoms with van der Waals surface area (Å²) in [5.74, 6) is -0.358. The fraction of sp³-hybridized carbons (Fsp3) is 0.538. The molecule has 7 nitrogen and oxygen atoms in total. The normalized spacial score (nSPS) is 18.8. The lowest BCUT2D eigenvalue weighted by atomic mass is 10.1. The number of anilines is 1. The van der Waals surface area contributed by atoms with Gasteiger partial charge in [0.25, 0.3) is 5.56 Å². The van der Waals surface area contributed by atoms with Gasteiger partial charge in [0.2, 0.25) is 11.8 Å². The highest BCUT2D eigenvalue weighted by atomic mass is 79.9. The monoisotopic (exact) mass is 356 g/mol. The number of aromatic nitrogens is 2. The molecule has 1 unspecified atom stereocenters. The van der Waals surface area contributed by atoms with Gasteiger partial charge in [0.15, 0.2) is 0 Å². The molecule has 21 heavy (non-hydrogen) atoms. The van der Waals surface area contributed by atoms with Gasteiger partial charge < -0.3 is 5.32 Å². The predicted octanol–water partition coefficient (Wildman–Crippen LogP) is 0.879. The van der Waals surface area contributed by atoms with Crippen molar-refractivity contribution in [1.29, 1.82) is 0 Å². The van der Waals surface area contributed by atoms with Gasteiger partial charge in [-0.05, 0) is 28.3 Å². The van der Waals surface area contributed by atoms with Gasteiger partial charge in [-0.1, -0.05) is 13.8 Å². The maximum Gasteiger partial charge on any atom is 0.283 e. The molecule has 2 N–H and O–H groups in total. The first kappa shape index (κ1) is 15.7. The van der Waals surface area contributed by atoms with Gasteiger partial charge in [0, 0.05) is 13.0 Å². The summed E-state index contributed by atoms with van der Waals surface area (Å²) in [6.45, 7) is 4.52. The molecule has 1 saturated heterocycles. The summed E-state index contributed by atoms with van der Waals surface area (Å²) in [6.07, 6.45) is 2.18. The molecule has 0 aromatic carbocycles. The van der Waals surface area contributed by atoms with E-state index in [1.807, 2.05) is 13.8 Å². The van der Waals surface area contributed by atoms with Crippen LogP contribution in [0.1, 0.15) is 26.7 Å². The Kier molecular flexibility index (Phi) is 4.76. The predicted molar refractivity (Wildman–Crippen MR) is 80.8 cm³/mol. The number of amides is 2. The fourth-order valence-electron chi connectivity index (χ4n) is 2.06. The zero-order valence-electron chi connectivity index (χ0n) is 11.9. The van der Waals surface area contributed by atoms with Gasteiger partial charge in [-0.25, -0.2) is 4.68 Å². The first-order chi connectivity index (χ1) is 9.88. The van der Waals surface area contributed by atoms with Crippen LogP contribution < -0.4 is 16.2 Å². The van der Waals surface area contributed by atoms with Gasteiger partial charge in [-0.15, -0.1) is 0 Å². The molecule has 8 heteroatoms. The molecule has 2 amide bonds. The van der Waals surface area contributed by atoms with Crippen LogP contribution in [-0.2, 0) is 16.1 Å². The molecular formula is C13H17BrN4O3. The van der Waals surface area contributed by atoms with E-state index in [1.165, 1.54) is 10.9 Å². The average molecular weight is 357 g/mol. The fourth-order valence-corrected chi connectivity index (χ4v) is 2.48. The number of halogens is 1. The molecule has 0 spiro atoms. The third kappa shape index (κ3) is 3.69. The van der Waals surface area contributed by atoms with E-state index in [0.29, 0.717) is 29.0 Å². The van der Waals surface area contributed by atoms with Crippen molar-refractivity contribution in [2.24, 2.45) is 5.92 Å². The van der Waals surface area contributed by atoms with E-state index in [2.05, 4.69) is 31.7 Å². The Balaban J connectivity index is 2.18. The van der Waals surface area contributed by atoms with Crippen molar-refractivity contribution in [3.63, 3.8) is 0 Å². The smallest absolute Gasteiger partial charge is 0.283 e. The summed E-state index contributed by atoms with van der Waals surface area (Å²) in [4.78, 5) is 35.0. The zero-order chi connectivity index (χ0) is 15.6. The Morgan fingerprint density at radius 1 is 1.48 bits per heavy atom. The van der Waals surface area contributed by atoms with Gasteiger partial charge in [-0.3, -0.25) is 19.7 Å². The minimum absolute atomic E-state index is 0.249. The molecule has 1 aromatic heterocycles. The molecule has 1 aromatic rings. The molecule has 0 bridgehead atoms. The highest BCUT2D eigenvalue weighted by Gasteiger charge is 2.27.